The van der Waals surface area contributed by atoms with Crippen molar-refractivity contribution in [2.75, 3.05) is 40.8 Å². The number of rotatable bonds is 3. The zero-order valence-corrected chi connectivity index (χ0v) is 15.0. The number of carbonyl (C=O) groups excluding carboxylic acids is 2. The Hall–Kier alpha value is -2.54. The van der Waals surface area contributed by atoms with Crippen LogP contribution in [0.2, 0.25) is 0 Å². The van der Waals surface area contributed by atoms with Gasteiger partial charge in [0.2, 0.25) is 5.91 Å². The molecule has 1 atom stereocenters. The quantitative estimate of drug-likeness (QED) is 0.870. The highest BCUT2D eigenvalue weighted by Gasteiger charge is 2.33. The molecule has 0 aliphatic carbocycles. The molecule has 0 spiro atoms. The average molecular weight is 344 g/mol. The molecule has 25 heavy (non-hydrogen) atoms. The van der Waals surface area contributed by atoms with E-state index in [4.69, 9.17) is 4.74 Å². The minimum absolute atomic E-state index is 0.0740. The molecule has 134 valence electrons. The number of hydrogen-bond donors (Lipinski definition) is 2. The van der Waals surface area contributed by atoms with Gasteiger partial charge in [-0.3, -0.25) is 14.5 Å². The van der Waals surface area contributed by atoms with Crippen molar-refractivity contribution in [3.05, 3.63) is 29.5 Å². The topological polar surface area (TPSA) is 77.7 Å². The monoisotopic (exact) mass is 344 g/mol. The Bertz CT molecular complexity index is 814. The van der Waals surface area contributed by atoms with Gasteiger partial charge in [0.25, 0.3) is 5.91 Å². The van der Waals surface area contributed by atoms with Gasteiger partial charge in [-0.15, -0.1) is 0 Å². The number of aromatic nitrogens is 1. The minimum Gasteiger partial charge on any atom is -0.495 e. The van der Waals surface area contributed by atoms with E-state index >= 15 is 0 Å². The highest BCUT2D eigenvalue weighted by atomic mass is 16.5. The Morgan fingerprint density at radius 1 is 1.32 bits per heavy atom. The fraction of sp³-hybridized carbons (Fsp3) is 0.444. The van der Waals surface area contributed by atoms with Gasteiger partial charge in [-0.25, -0.2) is 0 Å². The van der Waals surface area contributed by atoms with Crippen LogP contribution in [0.25, 0.3) is 10.9 Å². The Morgan fingerprint density at radius 3 is 2.76 bits per heavy atom. The standard InChI is InChI=1S/C18H24N4O3/c1-11-12-6-5-7-14(25-4)16(12)20-15(11)18(24)22-9-8-21(3)13(10-22)17(23)19-2/h5-7,13,20H,8-10H2,1-4H3,(H,19,23)/t13-/m0/s1. The van der Waals surface area contributed by atoms with Crippen LogP contribution in [0.1, 0.15) is 16.1 Å². The van der Waals surface area contributed by atoms with Gasteiger partial charge < -0.3 is 19.9 Å². The number of carbonyl (C=O) groups is 2. The molecule has 3 rings (SSSR count). The fourth-order valence-corrected chi connectivity index (χ4v) is 3.38. The molecule has 1 aromatic heterocycles. The number of fused-ring (bicyclic) bond motifs is 1. The van der Waals surface area contributed by atoms with Crippen LogP contribution in [-0.4, -0.2) is 73.5 Å². The van der Waals surface area contributed by atoms with Crippen molar-refractivity contribution < 1.29 is 14.3 Å². The lowest BCUT2D eigenvalue weighted by molar-refractivity contribution is -0.127. The summed E-state index contributed by atoms with van der Waals surface area (Å²) in [6, 6.07) is 5.41. The van der Waals surface area contributed by atoms with Crippen molar-refractivity contribution in [2.24, 2.45) is 0 Å². The van der Waals surface area contributed by atoms with Crippen LogP contribution in [0.5, 0.6) is 5.75 Å². The molecule has 2 amide bonds. The number of likely N-dealkylation sites (N-methyl/N-ethyl adjacent to an activating group) is 2. The average Bonchev–Trinajstić information content (AvgIpc) is 2.97. The molecule has 2 aromatic rings. The first kappa shape index (κ1) is 17.3. The first-order valence-electron chi connectivity index (χ1n) is 8.34. The number of piperazine rings is 1. The van der Waals surface area contributed by atoms with E-state index in [0.29, 0.717) is 31.1 Å². The van der Waals surface area contributed by atoms with Crippen molar-refractivity contribution in [2.45, 2.75) is 13.0 Å². The van der Waals surface area contributed by atoms with Gasteiger partial charge in [0.1, 0.15) is 17.5 Å². The van der Waals surface area contributed by atoms with Crippen molar-refractivity contribution >= 4 is 22.7 Å². The lowest BCUT2D eigenvalue weighted by Crippen LogP contribution is -2.58. The smallest absolute Gasteiger partial charge is 0.270 e. The number of nitrogens with one attached hydrogen (secondary N) is 2. The number of methoxy groups -OCH3 is 1. The SMILES string of the molecule is CNC(=O)[C@@H]1CN(C(=O)c2[nH]c3c(OC)cccc3c2C)CCN1C. The Labute approximate surface area is 146 Å². The summed E-state index contributed by atoms with van der Waals surface area (Å²) in [4.78, 5) is 32.1. The van der Waals surface area contributed by atoms with Crippen molar-refractivity contribution in [1.29, 1.82) is 0 Å². The summed E-state index contributed by atoms with van der Waals surface area (Å²) in [5, 5.41) is 3.64. The molecule has 1 aliphatic rings. The summed E-state index contributed by atoms with van der Waals surface area (Å²) in [7, 11) is 5.13. The molecule has 1 aromatic carbocycles. The Morgan fingerprint density at radius 2 is 2.08 bits per heavy atom. The van der Waals surface area contributed by atoms with Gasteiger partial charge in [-0.1, -0.05) is 12.1 Å². The van der Waals surface area contributed by atoms with E-state index in [1.165, 1.54) is 0 Å². The predicted molar refractivity (Wildman–Crippen MR) is 96.0 cm³/mol. The van der Waals surface area contributed by atoms with Crippen LogP contribution >= 0.6 is 0 Å². The molecule has 0 radical (unpaired) electrons. The van der Waals surface area contributed by atoms with Gasteiger partial charge in [0.05, 0.1) is 12.6 Å². The van der Waals surface area contributed by atoms with E-state index in [-0.39, 0.29) is 17.9 Å². The maximum Gasteiger partial charge on any atom is 0.270 e. The summed E-state index contributed by atoms with van der Waals surface area (Å²) in [5.74, 6) is 0.550. The van der Waals surface area contributed by atoms with Crippen LogP contribution in [0.15, 0.2) is 18.2 Å². The number of nitrogens with zero attached hydrogens (tertiary/aromatic N) is 2. The molecule has 1 aliphatic heterocycles. The number of amides is 2. The van der Waals surface area contributed by atoms with E-state index in [1.54, 1.807) is 19.1 Å². The normalized spacial score (nSPS) is 18.4. The van der Waals surface area contributed by atoms with E-state index in [9.17, 15) is 9.59 Å². The maximum absolute atomic E-state index is 13.1. The van der Waals surface area contributed by atoms with Crippen LogP contribution in [0, 0.1) is 6.92 Å². The van der Waals surface area contributed by atoms with Gasteiger partial charge in [0, 0.05) is 32.1 Å². The lowest BCUT2D eigenvalue weighted by atomic mass is 10.1. The first-order valence-corrected chi connectivity index (χ1v) is 8.34. The zero-order valence-electron chi connectivity index (χ0n) is 15.0. The highest BCUT2D eigenvalue weighted by molar-refractivity contribution is 6.02. The van der Waals surface area contributed by atoms with E-state index in [1.807, 2.05) is 37.1 Å². The number of aromatic amines is 1. The molecule has 0 unspecified atom stereocenters. The number of ether oxygens (including phenoxy) is 1. The second-order valence-electron chi connectivity index (χ2n) is 6.37. The fourth-order valence-electron chi connectivity index (χ4n) is 3.38. The van der Waals surface area contributed by atoms with Crippen LogP contribution in [0.4, 0.5) is 0 Å². The minimum atomic E-state index is -0.332. The van der Waals surface area contributed by atoms with Crippen molar-refractivity contribution in [1.82, 2.24) is 20.1 Å². The third-order valence-corrected chi connectivity index (χ3v) is 4.97. The molecule has 0 bridgehead atoms. The van der Waals surface area contributed by atoms with Gasteiger partial charge in [-0.2, -0.15) is 0 Å². The number of aryl methyl sites for hydroxylation is 1. The molecule has 1 fully saturated rings. The number of benzene rings is 1. The molecule has 0 saturated carbocycles. The molecule has 1 saturated heterocycles. The predicted octanol–water partition coefficient (Wildman–Crippen LogP) is 0.987. The summed E-state index contributed by atoms with van der Waals surface area (Å²) in [6.07, 6.45) is 0. The van der Waals surface area contributed by atoms with Gasteiger partial charge in [0.15, 0.2) is 0 Å². The molecule has 7 nitrogen and oxygen atoms in total. The van der Waals surface area contributed by atoms with Crippen LogP contribution < -0.4 is 10.1 Å². The lowest BCUT2D eigenvalue weighted by Gasteiger charge is -2.38. The summed E-state index contributed by atoms with van der Waals surface area (Å²) < 4.78 is 5.38. The largest absolute Gasteiger partial charge is 0.495 e. The second kappa shape index (κ2) is 6.76. The third-order valence-electron chi connectivity index (χ3n) is 4.97. The summed E-state index contributed by atoms with van der Waals surface area (Å²) in [6.45, 7) is 3.56. The first-order chi connectivity index (χ1) is 12.0. The molecule has 7 heteroatoms. The van der Waals surface area contributed by atoms with Crippen molar-refractivity contribution in [3.63, 3.8) is 0 Å². The van der Waals surface area contributed by atoms with E-state index in [0.717, 1.165) is 16.5 Å². The molecule has 2 N–H and O–H groups in total. The van der Waals surface area contributed by atoms with Crippen LogP contribution in [0.3, 0.4) is 0 Å². The summed E-state index contributed by atoms with van der Waals surface area (Å²) in [5.41, 5.74) is 2.27. The highest BCUT2D eigenvalue weighted by Crippen LogP contribution is 2.30. The number of para-hydroxylation sites is 1. The molecular formula is C18H24N4O3. The van der Waals surface area contributed by atoms with Gasteiger partial charge >= 0.3 is 0 Å². The Kier molecular flexibility index (Phi) is 4.67. The second-order valence-corrected chi connectivity index (χ2v) is 6.37. The van der Waals surface area contributed by atoms with E-state index < -0.39 is 0 Å². The van der Waals surface area contributed by atoms with Crippen molar-refractivity contribution in [3.8, 4) is 5.75 Å². The zero-order chi connectivity index (χ0) is 18.1. The summed E-state index contributed by atoms with van der Waals surface area (Å²) >= 11 is 0. The molecular weight excluding hydrogens is 320 g/mol. The number of hydrogen-bond acceptors (Lipinski definition) is 4. The maximum atomic E-state index is 13.1. The Balaban J connectivity index is 1.92. The third kappa shape index (κ3) is 2.95. The molecule has 2 heterocycles. The van der Waals surface area contributed by atoms with E-state index in [2.05, 4.69) is 10.3 Å². The number of H-pyrrole nitrogens is 1. The van der Waals surface area contributed by atoms with Crippen LogP contribution in [-0.2, 0) is 4.79 Å². The van der Waals surface area contributed by atoms with Gasteiger partial charge in [-0.05, 0) is 25.6 Å².